The van der Waals surface area contributed by atoms with E-state index in [4.69, 9.17) is 0 Å². The minimum absolute atomic E-state index is 0.225. The second kappa shape index (κ2) is 6.89. The highest BCUT2D eigenvalue weighted by Crippen LogP contribution is 2.39. The van der Waals surface area contributed by atoms with Crippen molar-refractivity contribution in [2.45, 2.75) is 27.7 Å². The lowest BCUT2D eigenvalue weighted by atomic mass is 9.98. The van der Waals surface area contributed by atoms with E-state index in [1.807, 2.05) is 70.2 Å². The van der Waals surface area contributed by atoms with Crippen molar-refractivity contribution in [2.24, 2.45) is 0 Å². The maximum atomic E-state index is 13.2. The van der Waals surface area contributed by atoms with Crippen molar-refractivity contribution < 1.29 is 9.59 Å². The molecule has 0 saturated heterocycles. The van der Waals surface area contributed by atoms with Gasteiger partial charge in [-0.1, -0.05) is 42.8 Å². The molecule has 0 spiro atoms. The van der Waals surface area contributed by atoms with Crippen molar-refractivity contribution in [3.05, 3.63) is 69.6 Å². The van der Waals surface area contributed by atoms with E-state index < -0.39 is 0 Å². The fourth-order valence-corrected chi connectivity index (χ4v) is 3.97. The fourth-order valence-electron chi connectivity index (χ4n) is 3.12. The predicted molar refractivity (Wildman–Crippen MR) is 105 cm³/mol. The van der Waals surface area contributed by atoms with Crippen LogP contribution in [0.1, 0.15) is 29.2 Å². The normalized spacial score (nSPS) is 14.6. The topological polar surface area (TPSA) is 37.4 Å². The molecule has 0 fully saturated rings. The standard InChI is InChI=1S/C21H21NO2S/c1-5-25-19-18(17-10-9-14(3)11-15(17)4)20(23)22(21(19)24)16-8-6-7-13(2)12-16/h6-12H,5H2,1-4H3. The monoisotopic (exact) mass is 351 g/mol. The van der Waals surface area contributed by atoms with Gasteiger partial charge < -0.3 is 0 Å². The lowest BCUT2D eigenvalue weighted by Crippen LogP contribution is -2.31. The van der Waals surface area contributed by atoms with Crippen LogP contribution in [-0.4, -0.2) is 17.6 Å². The highest BCUT2D eigenvalue weighted by Gasteiger charge is 2.40. The Bertz CT molecular complexity index is 899. The molecule has 3 nitrogen and oxygen atoms in total. The Morgan fingerprint density at radius 1 is 0.920 bits per heavy atom. The minimum atomic E-state index is -0.237. The quantitative estimate of drug-likeness (QED) is 0.753. The second-order valence-corrected chi connectivity index (χ2v) is 7.51. The van der Waals surface area contributed by atoms with Crippen LogP contribution in [0.15, 0.2) is 47.4 Å². The van der Waals surface area contributed by atoms with E-state index in [0.29, 0.717) is 16.2 Å². The number of nitrogens with zero attached hydrogens (tertiary/aromatic N) is 1. The van der Waals surface area contributed by atoms with Gasteiger partial charge in [-0.25, -0.2) is 4.90 Å². The van der Waals surface area contributed by atoms with E-state index in [1.165, 1.54) is 16.7 Å². The highest BCUT2D eigenvalue weighted by molar-refractivity contribution is 8.04. The van der Waals surface area contributed by atoms with Crippen LogP contribution in [0.5, 0.6) is 0 Å². The van der Waals surface area contributed by atoms with Gasteiger partial charge in [-0.05, 0) is 55.3 Å². The zero-order chi connectivity index (χ0) is 18.1. The summed E-state index contributed by atoms with van der Waals surface area (Å²) in [6.07, 6.45) is 0. The number of hydrogen-bond donors (Lipinski definition) is 0. The van der Waals surface area contributed by atoms with Gasteiger partial charge in [0.15, 0.2) is 0 Å². The molecule has 0 saturated carbocycles. The largest absolute Gasteiger partial charge is 0.272 e. The van der Waals surface area contributed by atoms with Crippen LogP contribution < -0.4 is 4.90 Å². The van der Waals surface area contributed by atoms with Gasteiger partial charge in [0, 0.05) is 0 Å². The summed E-state index contributed by atoms with van der Waals surface area (Å²) >= 11 is 1.44. The van der Waals surface area contributed by atoms with Gasteiger partial charge in [0.05, 0.1) is 16.2 Å². The molecule has 1 aliphatic rings. The SMILES string of the molecule is CCSC1=C(c2ccc(C)cc2C)C(=O)N(c2cccc(C)c2)C1=O. The molecule has 25 heavy (non-hydrogen) atoms. The lowest BCUT2D eigenvalue weighted by Gasteiger charge is -2.16. The number of amides is 2. The maximum absolute atomic E-state index is 13.2. The molecule has 1 aliphatic heterocycles. The molecule has 3 rings (SSSR count). The number of benzene rings is 2. The summed E-state index contributed by atoms with van der Waals surface area (Å²) in [5.41, 5.74) is 5.16. The zero-order valence-electron chi connectivity index (χ0n) is 14.9. The number of carbonyl (C=O) groups is 2. The smallest absolute Gasteiger partial charge is 0.268 e. The summed E-state index contributed by atoms with van der Waals surface area (Å²) in [7, 11) is 0. The molecule has 2 aromatic rings. The molecular formula is C21H21NO2S. The maximum Gasteiger partial charge on any atom is 0.272 e. The van der Waals surface area contributed by atoms with Crippen molar-refractivity contribution in [3.8, 4) is 0 Å². The van der Waals surface area contributed by atoms with Crippen LogP contribution in [0.25, 0.3) is 5.57 Å². The van der Waals surface area contributed by atoms with Crippen molar-refractivity contribution in [2.75, 3.05) is 10.7 Å². The van der Waals surface area contributed by atoms with E-state index in [0.717, 1.165) is 28.0 Å². The first-order chi connectivity index (χ1) is 11.9. The van der Waals surface area contributed by atoms with Crippen LogP contribution in [0.4, 0.5) is 5.69 Å². The summed E-state index contributed by atoms with van der Waals surface area (Å²) in [6, 6.07) is 13.5. The summed E-state index contributed by atoms with van der Waals surface area (Å²) < 4.78 is 0. The number of thioether (sulfide) groups is 1. The third kappa shape index (κ3) is 3.14. The molecule has 0 N–H and O–H groups in total. The average molecular weight is 351 g/mol. The number of imide groups is 1. The number of carbonyl (C=O) groups excluding carboxylic acids is 2. The van der Waals surface area contributed by atoms with Crippen LogP contribution in [0, 0.1) is 20.8 Å². The Morgan fingerprint density at radius 2 is 1.64 bits per heavy atom. The van der Waals surface area contributed by atoms with Crippen molar-refractivity contribution in [1.29, 1.82) is 0 Å². The summed E-state index contributed by atoms with van der Waals surface area (Å²) in [4.78, 5) is 28.0. The second-order valence-electron chi connectivity index (χ2n) is 6.24. The fraction of sp³-hybridized carbons (Fsp3) is 0.238. The van der Waals surface area contributed by atoms with Gasteiger partial charge in [-0.15, -0.1) is 11.8 Å². The molecule has 0 unspecified atom stereocenters. The van der Waals surface area contributed by atoms with Crippen LogP contribution in [-0.2, 0) is 9.59 Å². The van der Waals surface area contributed by atoms with Crippen LogP contribution >= 0.6 is 11.8 Å². The van der Waals surface area contributed by atoms with Crippen molar-refractivity contribution in [1.82, 2.24) is 0 Å². The van der Waals surface area contributed by atoms with E-state index >= 15 is 0 Å². The molecule has 0 aromatic heterocycles. The molecule has 128 valence electrons. The molecule has 0 bridgehead atoms. The first kappa shape index (κ1) is 17.5. The Labute approximate surface area is 152 Å². The van der Waals surface area contributed by atoms with Crippen molar-refractivity contribution >= 4 is 34.8 Å². The molecule has 2 amide bonds. The number of aryl methyl sites for hydroxylation is 3. The lowest BCUT2D eigenvalue weighted by molar-refractivity contribution is -0.119. The number of rotatable bonds is 4. The van der Waals surface area contributed by atoms with Gasteiger partial charge in [-0.3, -0.25) is 9.59 Å². The predicted octanol–water partition coefficient (Wildman–Crippen LogP) is 4.65. The Balaban J connectivity index is 2.14. The number of anilines is 1. The molecule has 0 atom stereocenters. The Kier molecular flexibility index (Phi) is 4.82. The van der Waals surface area contributed by atoms with Crippen LogP contribution in [0.2, 0.25) is 0 Å². The summed E-state index contributed by atoms with van der Waals surface area (Å²) in [5, 5.41) is 0. The van der Waals surface area contributed by atoms with Crippen molar-refractivity contribution in [3.63, 3.8) is 0 Å². The van der Waals surface area contributed by atoms with E-state index in [1.54, 1.807) is 0 Å². The molecule has 1 heterocycles. The molecule has 4 heteroatoms. The molecule has 0 aliphatic carbocycles. The molecule has 0 radical (unpaired) electrons. The molecular weight excluding hydrogens is 330 g/mol. The minimum Gasteiger partial charge on any atom is -0.268 e. The average Bonchev–Trinajstić information content (AvgIpc) is 2.79. The first-order valence-electron chi connectivity index (χ1n) is 8.34. The highest BCUT2D eigenvalue weighted by atomic mass is 32.2. The van der Waals surface area contributed by atoms with Gasteiger partial charge in [-0.2, -0.15) is 0 Å². The third-order valence-electron chi connectivity index (χ3n) is 4.24. The number of hydrogen-bond acceptors (Lipinski definition) is 3. The van der Waals surface area contributed by atoms with Crippen LogP contribution in [0.3, 0.4) is 0 Å². The molecule has 2 aromatic carbocycles. The van der Waals surface area contributed by atoms with Gasteiger partial charge in [0.25, 0.3) is 11.8 Å². The van der Waals surface area contributed by atoms with Gasteiger partial charge in [0.2, 0.25) is 0 Å². The zero-order valence-corrected chi connectivity index (χ0v) is 15.7. The van der Waals surface area contributed by atoms with E-state index in [9.17, 15) is 9.59 Å². The van der Waals surface area contributed by atoms with E-state index in [-0.39, 0.29) is 11.8 Å². The van der Waals surface area contributed by atoms with Gasteiger partial charge in [0.1, 0.15) is 0 Å². The Morgan fingerprint density at radius 3 is 2.28 bits per heavy atom. The van der Waals surface area contributed by atoms with E-state index in [2.05, 4.69) is 0 Å². The summed E-state index contributed by atoms with van der Waals surface area (Å²) in [6.45, 7) is 7.95. The summed E-state index contributed by atoms with van der Waals surface area (Å²) in [5.74, 6) is 0.278. The third-order valence-corrected chi connectivity index (χ3v) is 5.20. The first-order valence-corrected chi connectivity index (χ1v) is 9.32. The van der Waals surface area contributed by atoms with Gasteiger partial charge >= 0.3 is 0 Å². The Hall–Kier alpha value is -2.33.